The second-order valence-corrected chi connectivity index (χ2v) is 8.04. The number of halogens is 2. The maximum Gasteiger partial charge on any atom is 0.213 e. The first-order chi connectivity index (χ1) is 14.5. The highest BCUT2D eigenvalue weighted by Crippen LogP contribution is 2.43. The summed E-state index contributed by atoms with van der Waals surface area (Å²) in [6, 6.07) is 3.48. The monoisotopic (exact) mass is 412 g/mol. The molecule has 1 N–H and O–H groups in total. The van der Waals surface area contributed by atoms with Gasteiger partial charge in [-0.25, -0.2) is 18.8 Å². The molecule has 3 atom stereocenters. The van der Waals surface area contributed by atoms with E-state index in [0.717, 1.165) is 36.7 Å². The van der Waals surface area contributed by atoms with Crippen LogP contribution in [0.4, 0.5) is 8.78 Å². The molecule has 3 aliphatic rings. The molecule has 1 aromatic heterocycles. The van der Waals surface area contributed by atoms with Crippen LogP contribution in [0.3, 0.4) is 0 Å². The summed E-state index contributed by atoms with van der Waals surface area (Å²) in [6.45, 7) is 1.96. The normalized spacial score (nSPS) is 24.4. The Bertz CT molecular complexity index is 1110. The molecule has 5 rings (SSSR count). The number of aliphatic hydroxyl groups excluding tert-OH is 1. The van der Waals surface area contributed by atoms with Crippen LogP contribution in [0, 0.1) is 17.6 Å². The Hall–Kier alpha value is -2.87. The molecule has 2 aromatic rings. The molecule has 8 heteroatoms. The zero-order valence-corrected chi connectivity index (χ0v) is 16.7. The van der Waals surface area contributed by atoms with Gasteiger partial charge in [-0.1, -0.05) is 6.42 Å². The average Bonchev–Trinajstić information content (AvgIpc) is 3.08. The highest BCUT2D eigenvalue weighted by molar-refractivity contribution is 6.04. The number of aliphatic imine (C=N–C) groups is 1. The van der Waals surface area contributed by atoms with Gasteiger partial charge < -0.3 is 9.84 Å². The number of hydrogen-bond donors (Lipinski definition) is 1. The van der Waals surface area contributed by atoms with Gasteiger partial charge in [0.1, 0.15) is 23.5 Å². The van der Waals surface area contributed by atoms with Gasteiger partial charge in [0.15, 0.2) is 11.6 Å². The van der Waals surface area contributed by atoms with Crippen molar-refractivity contribution in [2.75, 3.05) is 7.11 Å². The van der Waals surface area contributed by atoms with Crippen LogP contribution in [-0.4, -0.2) is 46.3 Å². The van der Waals surface area contributed by atoms with Crippen molar-refractivity contribution in [1.29, 1.82) is 0 Å². The fourth-order valence-corrected chi connectivity index (χ4v) is 4.52. The summed E-state index contributed by atoms with van der Waals surface area (Å²) in [5.41, 5.74) is 1.24. The minimum Gasteiger partial charge on any atom is -0.481 e. The van der Waals surface area contributed by atoms with Crippen molar-refractivity contribution in [3.63, 3.8) is 0 Å². The van der Waals surface area contributed by atoms with Gasteiger partial charge in [0, 0.05) is 17.7 Å². The summed E-state index contributed by atoms with van der Waals surface area (Å²) in [5.74, 6) is -0.841. The minimum absolute atomic E-state index is 0.110. The highest BCUT2D eigenvalue weighted by Gasteiger charge is 2.47. The topological polar surface area (TPSA) is 70.3 Å². The third kappa shape index (κ3) is 2.81. The van der Waals surface area contributed by atoms with E-state index in [-0.39, 0.29) is 17.4 Å². The van der Waals surface area contributed by atoms with E-state index in [1.165, 1.54) is 13.2 Å². The Morgan fingerprint density at radius 1 is 1.27 bits per heavy atom. The fraction of sp³-hybridized carbons (Fsp3) is 0.409. The van der Waals surface area contributed by atoms with E-state index in [2.05, 4.69) is 10.1 Å². The van der Waals surface area contributed by atoms with Gasteiger partial charge in [-0.05, 0) is 55.0 Å². The van der Waals surface area contributed by atoms with Crippen LogP contribution in [0.15, 0.2) is 39.9 Å². The molecule has 3 heterocycles. The largest absolute Gasteiger partial charge is 0.481 e. The Kier molecular flexibility index (Phi) is 4.54. The van der Waals surface area contributed by atoms with E-state index < -0.39 is 23.8 Å². The number of allylic oxidation sites excluding steroid dienone is 1. The number of amidine groups is 1. The average molecular weight is 412 g/mol. The van der Waals surface area contributed by atoms with Crippen molar-refractivity contribution in [2.45, 2.75) is 44.4 Å². The van der Waals surface area contributed by atoms with Crippen LogP contribution in [0.2, 0.25) is 0 Å². The first-order valence-electron chi connectivity index (χ1n) is 10.1. The quantitative estimate of drug-likeness (QED) is 0.830. The Balaban J connectivity index is 1.64. The fourth-order valence-electron chi connectivity index (χ4n) is 4.52. The maximum atomic E-state index is 14.5. The van der Waals surface area contributed by atoms with Gasteiger partial charge >= 0.3 is 0 Å². The van der Waals surface area contributed by atoms with Crippen LogP contribution in [0.5, 0.6) is 5.88 Å². The van der Waals surface area contributed by atoms with Crippen molar-refractivity contribution >= 4 is 23.0 Å². The zero-order chi connectivity index (χ0) is 21.0. The van der Waals surface area contributed by atoms with Gasteiger partial charge in [-0.15, -0.1) is 0 Å². The van der Waals surface area contributed by atoms with E-state index in [0.29, 0.717) is 16.9 Å². The lowest BCUT2D eigenvalue weighted by molar-refractivity contribution is 0.0587. The van der Waals surface area contributed by atoms with Crippen LogP contribution in [-0.2, 0) is 0 Å². The molecule has 0 saturated heterocycles. The summed E-state index contributed by atoms with van der Waals surface area (Å²) >= 11 is 0. The van der Waals surface area contributed by atoms with Crippen molar-refractivity contribution < 1.29 is 18.6 Å². The molecular weight excluding hydrogens is 390 g/mol. The number of aromatic nitrogens is 1. The smallest absolute Gasteiger partial charge is 0.213 e. The molecule has 1 saturated carbocycles. The summed E-state index contributed by atoms with van der Waals surface area (Å²) in [7, 11) is 1.40. The number of fused-ring (bicyclic) bond motifs is 2. The lowest BCUT2D eigenvalue weighted by atomic mass is 9.75. The molecule has 0 amide bonds. The molecule has 6 nitrogen and oxygen atoms in total. The van der Waals surface area contributed by atoms with E-state index in [4.69, 9.17) is 9.73 Å². The number of rotatable bonds is 4. The molecule has 1 fully saturated rings. The van der Waals surface area contributed by atoms with Crippen LogP contribution in [0.25, 0.3) is 10.9 Å². The van der Waals surface area contributed by atoms with Gasteiger partial charge in [0.2, 0.25) is 5.88 Å². The number of methoxy groups -OCH3 is 1. The van der Waals surface area contributed by atoms with Crippen molar-refractivity contribution in [3.05, 3.63) is 47.0 Å². The molecule has 0 spiro atoms. The molecule has 3 unspecified atom stereocenters. The number of pyridine rings is 1. The Morgan fingerprint density at radius 2 is 2.07 bits per heavy atom. The lowest BCUT2D eigenvalue weighted by Crippen LogP contribution is -2.45. The molecule has 0 radical (unpaired) electrons. The zero-order valence-electron chi connectivity index (χ0n) is 16.7. The van der Waals surface area contributed by atoms with Gasteiger partial charge in [0.25, 0.3) is 0 Å². The van der Waals surface area contributed by atoms with Crippen LogP contribution < -0.4 is 4.74 Å². The van der Waals surface area contributed by atoms with Gasteiger partial charge in [-0.3, -0.25) is 4.99 Å². The summed E-state index contributed by atoms with van der Waals surface area (Å²) in [4.78, 5) is 8.98. The van der Waals surface area contributed by atoms with E-state index in [9.17, 15) is 13.9 Å². The number of benzene rings is 1. The third-order valence-corrected chi connectivity index (χ3v) is 6.35. The van der Waals surface area contributed by atoms with Crippen molar-refractivity contribution in [1.82, 2.24) is 9.99 Å². The van der Waals surface area contributed by atoms with Gasteiger partial charge in [0.05, 0.1) is 13.2 Å². The molecule has 0 bridgehead atoms. The third-order valence-electron chi connectivity index (χ3n) is 6.35. The summed E-state index contributed by atoms with van der Waals surface area (Å²) in [5, 5.41) is 18.1. The molecule has 1 aromatic carbocycles. The highest BCUT2D eigenvalue weighted by atomic mass is 19.2. The van der Waals surface area contributed by atoms with E-state index in [1.54, 1.807) is 17.3 Å². The second-order valence-electron chi connectivity index (χ2n) is 8.04. The molecule has 30 heavy (non-hydrogen) atoms. The summed E-state index contributed by atoms with van der Waals surface area (Å²) < 4.78 is 33.5. The predicted molar refractivity (Wildman–Crippen MR) is 110 cm³/mol. The molecule has 156 valence electrons. The van der Waals surface area contributed by atoms with Crippen LogP contribution in [0.1, 0.15) is 37.9 Å². The Labute approximate surface area is 172 Å². The van der Waals surface area contributed by atoms with E-state index in [1.807, 2.05) is 13.0 Å². The van der Waals surface area contributed by atoms with Gasteiger partial charge in [-0.2, -0.15) is 5.10 Å². The number of aliphatic hydroxyl groups is 1. The SMILES string of the molecule is COc1cc(C(O)C2C(C3CCC3)N=C3C(C)=CC=NN32)c2ccc(F)c(F)c2n1. The molecule has 1 aliphatic carbocycles. The van der Waals surface area contributed by atoms with Crippen molar-refractivity contribution in [2.24, 2.45) is 16.0 Å². The number of hydrazone groups is 1. The Morgan fingerprint density at radius 3 is 2.77 bits per heavy atom. The number of ether oxygens (including phenoxy) is 1. The number of nitrogens with zero attached hydrogens (tertiary/aromatic N) is 4. The number of hydrogen-bond acceptors (Lipinski definition) is 6. The molecule has 2 aliphatic heterocycles. The summed E-state index contributed by atoms with van der Waals surface area (Å²) in [6.07, 6.45) is 5.77. The first kappa shape index (κ1) is 19.1. The standard InChI is InChI=1S/C22H22F2N4O2/c1-11-8-9-25-28-20(18(27-22(11)28)12-4-3-5-12)21(29)14-10-16(30-2)26-19-13(14)6-7-15(23)17(19)24/h6-10,12,18,20-21,29H,3-5H2,1-2H3. The predicted octanol–water partition coefficient (Wildman–Crippen LogP) is 3.75. The minimum atomic E-state index is -1.06. The maximum absolute atomic E-state index is 14.5. The first-order valence-corrected chi connectivity index (χ1v) is 10.1. The van der Waals surface area contributed by atoms with Crippen molar-refractivity contribution in [3.8, 4) is 5.88 Å². The molecular formula is C22H22F2N4O2. The van der Waals surface area contributed by atoms with Crippen LogP contribution >= 0.6 is 0 Å². The van der Waals surface area contributed by atoms with E-state index >= 15 is 0 Å². The lowest BCUT2D eigenvalue weighted by Gasteiger charge is -2.37. The second kappa shape index (κ2) is 7.12.